The van der Waals surface area contributed by atoms with E-state index in [0.717, 1.165) is 68.9 Å². The van der Waals surface area contributed by atoms with Crippen LogP contribution in [0.3, 0.4) is 0 Å². The molecule has 4 aromatic rings. The number of carboxylic acids is 2. The van der Waals surface area contributed by atoms with E-state index in [4.69, 9.17) is 0 Å². The molecule has 77 heavy (non-hydrogen) atoms. The standard InChI is InChI=1S/2C29H36N4O5.Ca/c2*1-29(2,3)23(34)17-33-22-15-8-7-14-21(22)24(18-10-5-4-6-11-18)31-25(26(33)35)32-28(38)30-20-13-9-12-19(16-20)27(36)37;/h2*7-9,12-16,18,24-25,31H,4-6,10-11,17H2,1-3H3,(H,36,37)(H2,30,32,38);/q;;+2/p-2/t2*24-,25?;/m11./s1. The Morgan fingerprint density at radius 1 is 0.610 bits per heavy atom. The number of para-hydroxylation sites is 2. The van der Waals surface area contributed by atoms with Gasteiger partial charge in [0.2, 0.25) is 0 Å². The number of amides is 4. The smallest absolute Gasteiger partial charge is 0.846 e. The molecule has 404 valence electrons. The fraction of sp³-hybridized carbons (Fsp3) is 0.448. The number of amidine groups is 1. The van der Waals surface area contributed by atoms with Gasteiger partial charge in [-0.2, -0.15) is 0 Å². The second kappa shape index (κ2) is 26.4. The summed E-state index contributed by atoms with van der Waals surface area (Å²) in [7, 11) is 0. The van der Waals surface area contributed by atoms with Crippen molar-refractivity contribution in [2.45, 2.75) is 130 Å². The first kappa shape index (κ1) is 60.1. The van der Waals surface area contributed by atoms with Crippen molar-refractivity contribution in [2.75, 3.05) is 33.5 Å². The van der Waals surface area contributed by atoms with Gasteiger partial charge in [0.15, 0.2) is 23.9 Å². The number of carboxylic acid groups (broad SMARTS) is 2. The van der Waals surface area contributed by atoms with Crippen LogP contribution in [0, 0.1) is 22.7 Å². The van der Waals surface area contributed by atoms with Gasteiger partial charge in [0.05, 0.1) is 30.6 Å². The molecule has 18 nitrogen and oxygen atoms in total. The third-order valence-corrected chi connectivity index (χ3v) is 14.6. The van der Waals surface area contributed by atoms with E-state index in [2.05, 4.69) is 31.6 Å². The Balaban J connectivity index is 0.000000246. The molecule has 2 fully saturated rings. The van der Waals surface area contributed by atoms with Crippen LogP contribution >= 0.6 is 0 Å². The minimum atomic E-state index is -1.37. The van der Waals surface area contributed by atoms with Crippen LogP contribution in [0.5, 0.6) is 0 Å². The fourth-order valence-corrected chi connectivity index (χ4v) is 10.2. The van der Waals surface area contributed by atoms with E-state index < -0.39 is 59.0 Å². The summed E-state index contributed by atoms with van der Waals surface area (Å²) in [5.74, 6) is -3.08. The summed E-state index contributed by atoms with van der Waals surface area (Å²) >= 11 is 0. The molecule has 0 aromatic heterocycles. The number of Topliss-reactive ketones (excluding diaryl/α,β-unsaturated/α-hetero) is 2. The molecule has 2 aliphatic heterocycles. The van der Waals surface area contributed by atoms with Gasteiger partial charge in [-0.15, -0.1) is 0 Å². The number of fused-ring (bicyclic) bond motifs is 2. The summed E-state index contributed by atoms with van der Waals surface area (Å²) in [6, 6.07) is 24.8. The van der Waals surface area contributed by atoms with Crippen LogP contribution in [0.15, 0.2) is 102 Å². The number of urea groups is 1. The van der Waals surface area contributed by atoms with Gasteiger partial charge in [0.25, 0.3) is 11.8 Å². The first-order valence-corrected chi connectivity index (χ1v) is 26.2. The van der Waals surface area contributed by atoms with Crippen LogP contribution in [0.1, 0.15) is 150 Å². The van der Waals surface area contributed by atoms with Gasteiger partial charge >= 0.3 is 49.7 Å². The number of anilines is 4. The van der Waals surface area contributed by atoms with Crippen molar-refractivity contribution in [2.24, 2.45) is 27.7 Å². The zero-order valence-corrected chi connectivity index (χ0v) is 47.1. The maximum atomic E-state index is 13.9. The summed E-state index contributed by atoms with van der Waals surface area (Å²) in [6.07, 6.45) is 8.36. The number of hydrogen-bond donors (Lipinski definition) is 6. The van der Waals surface area contributed by atoms with Gasteiger partial charge in [-0.3, -0.25) is 34.8 Å². The molecule has 0 radical (unpaired) electrons. The van der Waals surface area contributed by atoms with Crippen molar-refractivity contribution in [1.82, 2.24) is 16.0 Å². The molecule has 0 spiro atoms. The Morgan fingerprint density at radius 2 is 1.06 bits per heavy atom. The molecule has 2 aliphatic carbocycles. The molecule has 2 heterocycles. The van der Waals surface area contributed by atoms with Crippen LogP contribution in [-0.4, -0.2) is 116 Å². The molecule has 0 bridgehead atoms. The Hall–Kier alpha value is -6.18. The Morgan fingerprint density at radius 3 is 1.56 bits per heavy atom. The average Bonchev–Trinajstić information content (AvgIpc) is 3.59. The predicted molar refractivity (Wildman–Crippen MR) is 292 cm³/mol. The van der Waals surface area contributed by atoms with E-state index in [1.54, 1.807) is 6.07 Å². The largest absolute Gasteiger partial charge is 2.00 e. The summed E-state index contributed by atoms with van der Waals surface area (Å²) in [4.78, 5) is 96.6. The molecular formula is C58H70CaN8O10. The van der Waals surface area contributed by atoms with Gasteiger partial charge in [-0.25, -0.2) is 9.59 Å². The fourth-order valence-electron chi connectivity index (χ4n) is 10.2. The van der Waals surface area contributed by atoms with Crippen molar-refractivity contribution < 1.29 is 48.9 Å². The molecular weight excluding hydrogens is 1010 g/mol. The Labute approximate surface area is 480 Å². The van der Waals surface area contributed by atoms with E-state index in [-0.39, 0.29) is 109 Å². The van der Waals surface area contributed by atoms with Crippen LogP contribution in [0.25, 0.3) is 0 Å². The number of hydrogen-bond acceptors (Lipinski definition) is 12. The third kappa shape index (κ3) is 15.5. The first-order chi connectivity index (χ1) is 36.1. The molecule has 8 rings (SSSR count). The van der Waals surface area contributed by atoms with E-state index in [1.165, 1.54) is 58.7 Å². The molecule has 4 atom stereocenters. The molecule has 2 unspecified atom stereocenters. The minimum Gasteiger partial charge on any atom is -0.846 e. The summed E-state index contributed by atoms with van der Waals surface area (Å²) in [5.41, 5.74) is 2.32. The van der Waals surface area contributed by atoms with E-state index in [0.29, 0.717) is 11.4 Å². The topological polar surface area (TPSA) is 265 Å². The molecule has 2 saturated carbocycles. The summed E-state index contributed by atoms with van der Waals surface area (Å²) in [6.45, 7) is 10.6. The molecule has 4 amide bonds. The predicted octanol–water partition coefficient (Wildman–Crippen LogP) is 6.70. The van der Waals surface area contributed by atoms with Gasteiger partial charge < -0.3 is 45.9 Å². The van der Waals surface area contributed by atoms with Crippen LogP contribution < -0.4 is 46.6 Å². The van der Waals surface area contributed by atoms with Crippen molar-refractivity contribution >= 4 is 108 Å². The quantitative estimate of drug-likeness (QED) is 0.0491. The minimum absolute atomic E-state index is 0. The summed E-state index contributed by atoms with van der Waals surface area (Å²) < 4.78 is 0. The van der Waals surface area contributed by atoms with Crippen molar-refractivity contribution in [3.05, 3.63) is 119 Å². The van der Waals surface area contributed by atoms with E-state index in [1.807, 2.05) is 90.1 Å². The van der Waals surface area contributed by atoms with E-state index >= 15 is 0 Å². The second-order valence-electron chi connectivity index (χ2n) is 22.1. The number of nitrogens with zero attached hydrogens (tertiary/aromatic N) is 3. The number of rotatable bonds is 12. The Bertz CT molecular complexity index is 2830. The zero-order valence-electron chi connectivity index (χ0n) is 44.9. The number of carbonyl (C=O) groups excluding carboxylic acids is 6. The monoisotopic (exact) mass is 1080 g/mol. The van der Waals surface area contributed by atoms with Gasteiger partial charge in [-0.1, -0.05) is 135 Å². The third-order valence-electron chi connectivity index (χ3n) is 14.6. The van der Waals surface area contributed by atoms with Crippen molar-refractivity contribution in [3.63, 3.8) is 0 Å². The molecule has 0 saturated heterocycles. The number of aromatic carboxylic acids is 2. The van der Waals surface area contributed by atoms with Gasteiger partial charge in [0.1, 0.15) is 0 Å². The maximum Gasteiger partial charge on any atom is 2.00 e. The number of benzene rings is 4. The average molecular weight is 1080 g/mol. The van der Waals surface area contributed by atoms with Crippen LogP contribution in [-0.2, 0) is 19.2 Å². The Kier molecular flexibility index (Phi) is 20.6. The molecule has 19 heteroatoms. The normalized spacial score (nSPS) is 20.4. The molecule has 6 N–H and O–H groups in total. The number of carbonyl (C=O) groups is 7. The SMILES string of the molecule is CC(C)(C)C(=O)CN1C(=O)C(N=C([O-])Nc2cccc(C(=O)[O-])c2)N[C@H](C2CCCCC2)c2ccccc21.CC(C)(C)C(=O)CN1C(=O)C(NC(=O)Nc2cccc(C(=O)O)c2)N[C@H](C2CCCCC2)c2ccccc21.[Ca+2]. The van der Waals surface area contributed by atoms with Crippen molar-refractivity contribution in [3.8, 4) is 0 Å². The van der Waals surface area contributed by atoms with Crippen molar-refractivity contribution in [1.29, 1.82) is 0 Å². The van der Waals surface area contributed by atoms with Crippen LogP contribution in [0.4, 0.5) is 27.5 Å². The maximum absolute atomic E-state index is 13.9. The first-order valence-electron chi connectivity index (χ1n) is 26.2. The van der Waals surface area contributed by atoms with Gasteiger partial charge in [0, 0.05) is 45.7 Å². The number of ketones is 2. The zero-order chi connectivity index (χ0) is 54.9. The number of aliphatic imine (C=N–C) groups is 1. The number of nitrogens with one attached hydrogen (secondary N) is 5. The van der Waals surface area contributed by atoms with E-state index in [9.17, 15) is 48.9 Å². The molecule has 4 aliphatic rings. The van der Waals surface area contributed by atoms with Gasteiger partial charge in [-0.05, 0) is 96.7 Å². The van der Waals surface area contributed by atoms with Crippen LogP contribution in [0.2, 0.25) is 0 Å². The molecule has 4 aromatic carbocycles. The second-order valence-corrected chi connectivity index (χ2v) is 22.1. The summed E-state index contributed by atoms with van der Waals surface area (Å²) in [5, 5.41) is 48.1.